The number of aliphatic hydroxyl groups excluding tert-OH is 1. The zero-order chi connectivity index (χ0) is 12.0. The topological polar surface area (TPSA) is 40.5 Å². The van der Waals surface area contributed by atoms with Gasteiger partial charge in [-0.2, -0.15) is 0 Å². The molecular weight excluding hydrogens is 214 g/mol. The highest BCUT2D eigenvalue weighted by molar-refractivity contribution is 5.80. The minimum Gasteiger partial charge on any atom is -0.393 e. The SMILES string of the molecule is CC(O)C1CCN(C(=O)C2CC3C=CC2C3)C1. The van der Waals surface area contributed by atoms with Crippen molar-refractivity contribution in [3.8, 4) is 0 Å². The molecule has 1 saturated carbocycles. The molecule has 3 aliphatic rings. The highest BCUT2D eigenvalue weighted by atomic mass is 16.3. The first-order valence-corrected chi connectivity index (χ1v) is 6.80. The van der Waals surface area contributed by atoms with Crippen LogP contribution in [-0.4, -0.2) is 35.1 Å². The van der Waals surface area contributed by atoms with E-state index >= 15 is 0 Å². The number of hydrogen-bond acceptors (Lipinski definition) is 2. The zero-order valence-corrected chi connectivity index (χ0v) is 10.4. The molecule has 1 amide bonds. The molecule has 17 heavy (non-hydrogen) atoms. The Morgan fingerprint density at radius 2 is 2.24 bits per heavy atom. The molecule has 3 rings (SSSR count). The summed E-state index contributed by atoms with van der Waals surface area (Å²) in [4.78, 5) is 14.4. The molecule has 1 aliphatic heterocycles. The fourth-order valence-electron chi connectivity index (χ4n) is 3.68. The van der Waals surface area contributed by atoms with Gasteiger partial charge in [-0.05, 0) is 38.0 Å². The third-order valence-corrected chi connectivity index (χ3v) is 4.81. The first-order chi connectivity index (χ1) is 8.15. The van der Waals surface area contributed by atoms with E-state index in [1.165, 1.54) is 6.42 Å². The Hall–Kier alpha value is -0.830. The maximum absolute atomic E-state index is 12.4. The van der Waals surface area contributed by atoms with Gasteiger partial charge >= 0.3 is 0 Å². The lowest BCUT2D eigenvalue weighted by molar-refractivity contribution is -0.135. The first kappa shape index (κ1) is 11.3. The Balaban J connectivity index is 1.62. The predicted octanol–water partition coefficient (Wildman–Crippen LogP) is 1.43. The molecule has 0 aromatic rings. The third kappa shape index (κ3) is 1.90. The van der Waals surface area contributed by atoms with Gasteiger partial charge in [0.15, 0.2) is 0 Å². The van der Waals surface area contributed by atoms with Gasteiger partial charge in [0.05, 0.1) is 6.10 Å². The molecule has 0 aromatic carbocycles. The summed E-state index contributed by atoms with van der Waals surface area (Å²) in [6, 6.07) is 0. The average Bonchev–Trinajstić information content (AvgIpc) is 3.03. The fourth-order valence-corrected chi connectivity index (χ4v) is 3.68. The smallest absolute Gasteiger partial charge is 0.226 e. The Labute approximate surface area is 102 Å². The number of rotatable bonds is 2. The zero-order valence-electron chi connectivity index (χ0n) is 10.4. The summed E-state index contributed by atoms with van der Waals surface area (Å²) in [5, 5.41) is 9.57. The van der Waals surface area contributed by atoms with E-state index in [1.807, 2.05) is 11.8 Å². The first-order valence-electron chi connectivity index (χ1n) is 6.80. The lowest BCUT2D eigenvalue weighted by atomic mass is 9.92. The number of nitrogens with zero attached hydrogens (tertiary/aromatic N) is 1. The number of likely N-dealkylation sites (tertiary alicyclic amines) is 1. The quantitative estimate of drug-likeness (QED) is 0.736. The van der Waals surface area contributed by atoms with Crippen LogP contribution in [-0.2, 0) is 4.79 Å². The van der Waals surface area contributed by atoms with Gasteiger partial charge in [-0.25, -0.2) is 0 Å². The molecule has 0 radical (unpaired) electrons. The second-order valence-corrected chi connectivity index (χ2v) is 5.96. The van der Waals surface area contributed by atoms with E-state index in [-0.39, 0.29) is 17.9 Å². The van der Waals surface area contributed by atoms with E-state index in [1.54, 1.807) is 0 Å². The lowest BCUT2D eigenvalue weighted by Gasteiger charge is -2.24. The molecule has 3 heteroatoms. The molecule has 3 nitrogen and oxygen atoms in total. The van der Waals surface area contributed by atoms with E-state index in [9.17, 15) is 9.90 Å². The van der Waals surface area contributed by atoms with E-state index in [2.05, 4.69) is 12.2 Å². The summed E-state index contributed by atoms with van der Waals surface area (Å²) in [6.45, 7) is 3.43. The summed E-state index contributed by atoms with van der Waals surface area (Å²) >= 11 is 0. The van der Waals surface area contributed by atoms with Crippen LogP contribution in [0.1, 0.15) is 26.2 Å². The lowest BCUT2D eigenvalue weighted by Crippen LogP contribution is -2.36. The van der Waals surface area contributed by atoms with Crippen molar-refractivity contribution < 1.29 is 9.90 Å². The van der Waals surface area contributed by atoms with Gasteiger partial charge in [-0.3, -0.25) is 4.79 Å². The molecule has 2 bridgehead atoms. The molecule has 5 atom stereocenters. The van der Waals surface area contributed by atoms with Crippen LogP contribution in [0.2, 0.25) is 0 Å². The van der Waals surface area contributed by atoms with Gasteiger partial charge in [-0.1, -0.05) is 12.2 Å². The van der Waals surface area contributed by atoms with Crippen LogP contribution in [0.25, 0.3) is 0 Å². The predicted molar refractivity (Wildman–Crippen MR) is 65.2 cm³/mol. The van der Waals surface area contributed by atoms with Crippen molar-refractivity contribution in [3.63, 3.8) is 0 Å². The Morgan fingerprint density at radius 3 is 2.76 bits per heavy atom. The molecule has 2 aliphatic carbocycles. The molecule has 2 fully saturated rings. The minimum absolute atomic E-state index is 0.234. The van der Waals surface area contributed by atoms with Crippen LogP contribution in [0.3, 0.4) is 0 Å². The van der Waals surface area contributed by atoms with Gasteiger partial charge in [0, 0.05) is 24.9 Å². The van der Waals surface area contributed by atoms with Gasteiger partial charge in [0.1, 0.15) is 0 Å². The van der Waals surface area contributed by atoms with Crippen molar-refractivity contribution >= 4 is 5.91 Å². The maximum Gasteiger partial charge on any atom is 0.226 e. The number of aliphatic hydroxyl groups is 1. The Morgan fingerprint density at radius 1 is 1.41 bits per heavy atom. The number of hydrogen-bond donors (Lipinski definition) is 1. The summed E-state index contributed by atoms with van der Waals surface area (Å²) in [7, 11) is 0. The van der Waals surface area contributed by atoms with E-state index in [4.69, 9.17) is 0 Å². The van der Waals surface area contributed by atoms with Crippen molar-refractivity contribution in [2.45, 2.75) is 32.3 Å². The summed E-state index contributed by atoms with van der Waals surface area (Å²) in [6.07, 6.45) is 7.42. The number of carbonyl (C=O) groups is 1. The highest BCUT2D eigenvalue weighted by Crippen LogP contribution is 2.44. The maximum atomic E-state index is 12.4. The van der Waals surface area contributed by atoms with Crippen LogP contribution in [0, 0.1) is 23.7 Å². The number of allylic oxidation sites excluding steroid dienone is 2. The van der Waals surface area contributed by atoms with E-state index < -0.39 is 0 Å². The Kier molecular flexibility index (Phi) is 2.74. The largest absolute Gasteiger partial charge is 0.393 e. The number of amides is 1. The Bertz CT molecular complexity index is 350. The fraction of sp³-hybridized carbons (Fsp3) is 0.786. The molecule has 1 N–H and O–H groups in total. The molecule has 0 spiro atoms. The number of carbonyl (C=O) groups excluding carboxylic acids is 1. The molecular formula is C14H21NO2. The third-order valence-electron chi connectivity index (χ3n) is 4.81. The average molecular weight is 235 g/mol. The van der Waals surface area contributed by atoms with Crippen molar-refractivity contribution in [2.24, 2.45) is 23.7 Å². The highest BCUT2D eigenvalue weighted by Gasteiger charge is 2.42. The van der Waals surface area contributed by atoms with Crippen LogP contribution in [0.15, 0.2) is 12.2 Å². The van der Waals surface area contributed by atoms with Gasteiger partial charge in [-0.15, -0.1) is 0 Å². The summed E-state index contributed by atoms with van der Waals surface area (Å²) < 4.78 is 0. The van der Waals surface area contributed by atoms with Crippen LogP contribution < -0.4 is 0 Å². The van der Waals surface area contributed by atoms with Crippen molar-refractivity contribution in [2.75, 3.05) is 13.1 Å². The van der Waals surface area contributed by atoms with Crippen LogP contribution >= 0.6 is 0 Å². The standard InChI is InChI=1S/C14H21NO2/c1-9(16)12-4-5-15(8-12)14(17)13-7-10-2-3-11(13)6-10/h2-3,9-13,16H,4-8H2,1H3. The second-order valence-electron chi connectivity index (χ2n) is 5.96. The molecule has 1 saturated heterocycles. The second kappa shape index (κ2) is 4.13. The minimum atomic E-state index is -0.285. The molecule has 5 unspecified atom stereocenters. The van der Waals surface area contributed by atoms with E-state index in [0.29, 0.717) is 17.7 Å². The van der Waals surface area contributed by atoms with Gasteiger partial charge in [0.2, 0.25) is 5.91 Å². The van der Waals surface area contributed by atoms with Crippen molar-refractivity contribution in [1.29, 1.82) is 0 Å². The summed E-state index contributed by atoms with van der Waals surface area (Å²) in [5.41, 5.74) is 0. The van der Waals surface area contributed by atoms with E-state index in [0.717, 1.165) is 25.9 Å². The van der Waals surface area contributed by atoms with Gasteiger partial charge < -0.3 is 10.0 Å². The number of fused-ring (bicyclic) bond motifs is 2. The summed E-state index contributed by atoms with van der Waals surface area (Å²) in [5.74, 6) is 2.01. The molecule has 0 aromatic heterocycles. The van der Waals surface area contributed by atoms with Crippen LogP contribution in [0.4, 0.5) is 0 Å². The molecule has 1 heterocycles. The van der Waals surface area contributed by atoms with Crippen LogP contribution in [0.5, 0.6) is 0 Å². The normalized spacial score (nSPS) is 41.2. The molecule has 94 valence electrons. The monoisotopic (exact) mass is 235 g/mol. The van der Waals surface area contributed by atoms with Gasteiger partial charge in [0.25, 0.3) is 0 Å². The van der Waals surface area contributed by atoms with Crippen molar-refractivity contribution in [1.82, 2.24) is 4.90 Å². The van der Waals surface area contributed by atoms with Crippen molar-refractivity contribution in [3.05, 3.63) is 12.2 Å².